The van der Waals surface area contributed by atoms with E-state index < -0.39 is 0 Å². The van der Waals surface area contributed by atoms with Crippen molar-refractivity contribution >= 4 is 57.4 Å². The minimum Gasteiger partial charge on any atom is -0.497 e. The third-order valence-corrected chi connectivity index (χ3v) is 13.0. The standard InChI is InChI=1S/C70H56N2O2/c1-73-67-49-45-65(46-50-67)71(61-37-29-53(30-38-61)17-15-27-69(57-19-7-3-8-20-57)58-21-9-4-10-22-58)63-41-33-55(34-42-63)56-35-43-64(44-36-56)72(66-47-51-68(74-2)52-48-66)62-39-31-54(32-40-62)18-16-28-70(59-23-11-5-12-24-59)60-25-13-6-14-26-60/h3-52H,1-2H3. The van der Waals surface area contributed by atoms with Gasteiger partial charge in [-0.1, -0.05) is 206 Å². The lowest BCUT2D eigenvalue weighted by Gasteiger charge is -2.26. The summed E-state index contributed by atoms with van der Waals surface area (Å²) in [4.78, 5) is 4.56. The van der Waals surface area contributed by atoms with Crippen LogP contribution in [0.1, 0.15) is 33.4 Å². The summed E-state index contributed by atoms with van der Waals surface area (Å²) in [5, 5.41) is 0. The molecule has 4 heteroatoms. The van der Waals surface area contributed by atoms with E-state index in [9.17, 15) is 0 Å². The first-order chi connectivity index (χ1) is 36.6. The fourth-order valence-electron chi connectivity index (χ4n) is 9.13. The molecule has 0 saturated heterocycles. The molecule has 0 bridgehead atoms. The zero-order chi connectivity index (χ0) is 50.3. The Bertz CT molecular complexity index is 3160. The highest BCUT2D eigenvalue weighted by Crippen LogP contribution is 2.39. The van der Waals surface area contributed by atoms with E-state index in [1.807, 2.05) is 24.3 Å². The zero-order valence-corrected chi connectivity index (χ0v) is 41.6. The molecule has 358 valence electrons. The summed E-state index contributed by atoms with van der Waals surface area (Å²) < 4.78 is 11.1. The molecule has 0 aliphatic rings. The van der Waals surface area contributed by atoms with Crippen molar-refractivity contribution in [2.45, 2.75) is 0 Å². The maximum Gasteiger partial charge on any atom is 0.119 e. The van der Waals surface area contributed by atoms with E-state index in [0.29, 0.717) is 0 Å². The molecule has 4 nitrogen and oxygen atoms in total. The molecule has 0 unspecified atom stereocenters. The number of hydrogen-bond donors (Lipinski definition) is 0. The van der Waals surface area contributed by atoms with Gasteiger partial charge in [-0.3, -0.25) is 0 Å². The molecule has 10 aromatic carbocycles. The molecular weight excluding hydrogens is 901 g/mol. The van der Waals surface area contributed by atoms with Crippen LogP contribution in [0.2, 0.25) is 0 Å². The highest BCUT2D eigenvalue weighted by Gasteiger charge is 2.16. The smallest absolute Gasteiger partial charge is 0.119 e. The van der Waals surface area contributed by atoms with Gasteiger partial charge in [0.15, 0.2) is 0 Å². The van der Waals surface area contributed by atoms with Crippen LogP contribution in [0, 0.1) is 0 Å². The first-order valence-electron chi connectivity index (χ1n) is 24.9. The van der Waals surface area contributed by atoms with E-state index in [-0.39, 0.29) is 0 Å². The molecular formula is C70H56N2O2. The Morgan fingerprint density at radius 2 is 0.527 bits per heavy atom. The third kappa shape index (κ3) is 11.6. The molecule has 0 aliphatic heterocycles. The monoisotopic (exact) mass is 956 g/mol. The number of allylic oxidation sites excluding steroid dienone is 4. The average molecular weight is 957 g/mol. The quantitative estimate of drug-likeness (QED) is 0.0849. The van der Waals surface area contributed by atoms with Gasteiger partial charge in [-0.25, -0.2) is 0 Å². The lowest BCUT2D eigenvalue weighted by Crippen LogP contribution is -2.10. The Morgan fingerprint density at radius 3 is 0.784 bits per heavy atom. The average Bonchev–Trinajstić information content (AvgIpc) is 3.48. The topological polar surface area (TPSA) is 24.9 Å². The van der Waals surface area contributed by atoms with Gasteiger partial charge in [0.1, 0.15) is 11.5 Å². The SMILES string of the molecule is COc1ccc(N(c2ccc(C=CC=C(c3ccccc3)c3ccccc3)cc2)c2ccc(-c3ccc(N(c4ccc(C=CC=C(c5ccccc5)c5ccccc5)cc4)c4ccc(OC)cc4)cc3)cc2)cc1. The molecule has 0 atom stereocenters. The second-order valence-electron chi connectivity index (χ2n) is 17.7. The van der Waals surface area contributed by atoms with E-state index in [1.165, 1.54) is 33.4 Å². The number of methoxy groups -OCH3 is 2. The Kier molecular flexibility index (Phi) is 15.3. The largest absolute Gasteiger partial charge is 0.497 e. The van der Waals surface area contributed by atoms with Crippen LogP contribution in [0.4, 0.5) is 34.1 Å². The summed E-state index contributed by atoms with van der Waals surface area (Å²) in [6.07, 6.45) is 13.0. The van der Waals surface area contributed by atoms with E-state index >= 15 is 0 Å². The van der Waals surface area contributed by atoms with E-state index in [4.69, 9.17) is 9.47 Å². The molecule has 10 aromatic rings. The molecule has 0 heterocycles. The molecule has 0 amide bonds. The summed E-state index contributed by atoms with van der Waals surface area (Å²) in [6, 6.07) is 93.6. The molecule has 0 fully saturated rings. The number of rotatable bonds is 17. The predicted molar refractivity (Wildman–Crippen MR) is 312 cm³/mol. The maximum absolute atomic E-state index is 5.54. The summed E-state index contributed by atoms with van der Waals surface area (Å²) in [6.45, 7) is 0. The van der Waals surface area contributed by atoms with Crippen LogP contribution >= 0.6 is 0 Å². The molecule has 0 N–H and O–H groups in total. The first-order valence-corrected chi connectivity index (χ1v) is 24.9. The van der Waals surface area contributed by atoms with Gasteiger partial charge in [0, 0.05) is 34.1 Å². The Balaban J connectivity index is 0.894. The molecule has 74 heavy (non-hydrogen) atoms. The van der Waals surface area contributed by atoms with Crippen molar-refractivity contribution in [3.05, 3.63) is 325 Å². The summed E-state index contributed by atoms with van der Waals surface area (Å²) >= 11 is 0. The zero-order valence-electron chi connectivity index (χ0n) is 41.6. The van der Waals surface area contributed by atoms with Gasteiger partial charge in [-0.05, 0) is 153 Å². The predicted octanol–water partition coefficient (Wildman–Crippen LogP) is 18.6. The first kappa shape index (κ1) is 48.0. The van der Waals surface area contributed by atoms with Gasteiger partial charge in [0.2, 0.25) is 0 Å². The van der Waals surface area contributed by atoms with E-state index in [2.05, 4.69) is 289 Å². The van der Waals surface area contributed by atoms with Crippen molar-refractivity contribution in [2.24, 2.45) is 0 Å². The lowest BCUT2D eigenvalue weighted by atomic mass is 9.97. The molecule has 0 spiro atoms. The van der Waals surface area contributed by atoms with Crippen molar-refractivity contribution in [2.75, 3.05) is 24.0 Å². The number of ether oxygens (including phenoxy) is 2. The van der Waals surface area contributed by atoms with Crippen molar-refractivity contribution in [1.82, 2.24) is 0 Å². The van der Waals surface area contributed by atoms with Crippen molar-refractivity contribution < 1.29 is 9.47 Å². The van der Waals surface area contributed by atoms with Gasteiger partial charge >= 0.3 is 0 Å². The van der Waals surface area contributed by atoms with E-state index in [1.54, 1.807) is 14.2 Å². The number of nitrogens with zero attached hydrogens (tertiary/aromatic N) is 2. The Labute approximate surface area is 436 Å². The lowest BCUT2D eigenvalue weighted by molar-refractivity contribution is 0.414. The molecule has 0 aliphatic carbocycles. The Morgan fingerprint density at radius 1 is 0.284 bits per heavy atom. The third-order valence-electron chi connectivity index (χ3n) is 13.0. The van der Waals surface area contributed by atoms with Crippen LogP contribution < -0.4 is 19.3 Å². The van der Waals surface area contributed by atoms with Gasteiger partial charge in [-0.15, -0.1) is 0 Å². The van der Waals surface area contributed by atoms with E-state index in [0.717, 1.165) is 67.9 Å². The van der Waals surface area contributed by atoms with Crippen molar-refractivity contribution in [1.29, 1.82) is 0 Å². The molecule has 10 rings (SSSR count). The highest BCUT2D eigenvalue weighted by atomic mass is 16.5. The van der Waals surface area contributed by atoms with Crippen LogP contribution in [0.25, 0.3) is 34.4 Å². The van der Waals surface area contributed by atoms with Crippen LogP contribution in [0.15, 0.2) is 291 Å². The summed E-state index contributed by atoms with van der Waals surface area (Å²) in [7, 11) is 3.39. The fourth-order valence-corrected chi connectivity index (χ4v) is 9.13. The van der Waals surface area contributed by atoms with Crippen LogP contribution in [-0.4, -0.2) is 14.2 Å². The fraction of sp³-hybridized carbons (Fsp3) is 0.0286. The maximum atomic E-state index is 5.54. The minimum absolute atomic E-state index is 0.812. The van der Waals surface area contributed by atoms with Crippen LogP contribution in [0.3, 0.4) is 0 Å². The molecule has 0 saturated carbocycles. The summed E-state index contributed by atoms with van der Waals surface area (Å²) in [5.41, 5.74) is 17.8. The second kappa shape index (κ2) is 23.5. The van der Waals surface area contributed by atoms with Gasteiger partial charge in [0.05, 0.1) is 14.2 Å². The normalized spacial score (nSPS) is 11.0. The minimum atomic E-state index is 0.812. The van der Waals surface area contributed by atoms with Crippen LogP contribution in [-0.2, 0) is 0 Å². The van der Waals surface area contributed by atoms with Gasteiger partial charge in [0.25, 0.3) is 0 Å². The summed E-state index contributed by atoms with van der Waals surface area (Å²) in [5.74, 6) is 1.62. The number of benzene rings is 10. The highest BCUT2D eigenvalue weighted by molar-refractivity contribution is 5.84. The van der Waals surface area contributed by atoms with Gasteiger partial charge in [-0.2, -0.15) is 0 Å². The number of hydrogen-bond acceptors (Lipinski definition) is 4. The van der Waals surface area contributed by atoms with Gasteiger partial charge < -0.3 is 19.3 Å². The van der Waals surface area contributed by atoms with Crippen LogP contribution in [0.5, 0.6) is 11.5 Å². The molecule has 0 aromatic heterocycles. The van der Waals surface area contributed by atoms with Crippen molar-refractivity contribution in [3.63, 3.8) is 0 Å². The number of anilines is 6. The van der Waals surface area contributed by atoms with Crippen molar-refractivity contribution in [3.8, 4) is 22.6 Å². The Hall–Kier alpha value is -9.64. The molecule has 0 radical (unpaired) electrons. The second-order valence-corrected chi connectivity index (χ2v) is 17.7.